The van der Waals surface area contributed by atoms with Gasteiger partial charge in [0.15, 0.2) is 0 Å². The summed E-state index contributed by atoms with van der Waals surface area (Å²) in [6, 6.07) is 7.86. The molecule has 1 heterocycles. The fraction of sp³-hybridized carbons (Fsp3) is 0. The van der Waals surface area contributed by atoms with Gasteiger partial charge in [-0.25, -0.2) is 0 Å². The lowest BCUT2D eigenvalue weighted by molar-refractivity contribution is 1.08. The molecule has 0 radical (unpaired) electrons. The van der Waals surface area contributed by atoms with E-state index in [1.165, 1.54) is 11.3 Å². The molecule has 0 amide bonds. The van der Waals surface area contributed by atoms with Gasteiger partial charge in [0, 0.05) is 4.47 Å². The van der Waals surface area contributed by atoms with Gasteiger partial charge in [0.25, 0.3) is 0 Å². The molecule has 0 unspecified atom stereocenters. The summed E-state index contributed by atoms with van der Waals surface area (Å²) >= 11 is 4.77. The molecule has 0 spiro atoms. The topological polar surface area (TPSA) is 50.2 Å². The number of nitrogens with one attached hydrogen (secondary N) is 1. The molecule has 0 aliphatic heterocycles. The highest BCUT2D eigenvalue weighted by atomic mass is 79.9. The lowest BCUT2D eigenvalue weighted by Crippen LogP contribution is -1.89. The lowest BCUT2D eigenvalue weighted by Gasteiger charge is -1.93. The summed E-state index contributed by atoms with van der Waals surface area (Å²) < 4.78 is 1.05. The molecule has 1 N–H and O–H groups in total. The maximum atomic E-state index is 4.03. The molecule has 4 nitrogen and oxygen atoms in total. The third kappa shape index (κ3) is 3.10. The van der Waals surface area contributed by atoms with Crippen LogP contribution >= 0.6 is 27.3 Å². The van der Waals surface area contributed by atoms with Crippen molar-refractivity contribution in [2.24, 2.45) is 5.10 Å². The predicted molar refractivity (Wildman–Crippen MR) is 65.3 cm³/mol. The fourth-order valence-corrected chi connectivity index (χ4v) is 1.59. The predicted octanol–water partition coefficient (Wildman–Crippen LogP) is 2.75. The molecule has 15 heavy (non-hydrogen) atoms. The van der Waals surface area contributed by atoms with Crippen LogP contribution in [0.1, 0.15) is 5.56 Å². The van der Waals surface area contributed by atoms with E-state index >= 15 is 0 Å². The van der Waals surface area contributed by atoms with Crippen molar-refractivity contribution in [1.82, 2.24) is 10.2 Å². The molecule has 0 fully saturated rings. The molecule has 1 aromatic carbocycles. The van der Waals surface area contributed by atoms with Gasteiger partial charge in [-0.05, 0) is 17.7 Å². The summed E-state index contributed by atoms with van der Waals surface area (Å²) in [6.07, 6.45) is 1.73. The van der Waals surface area contributed by atoms with Crippen molar-refractivity contribution in [2.45, 2.75) is 0 Å². The second kappa shape index (κ2) is 4.99. The van der Waals surface area contributed by atoms with Gasteiger partial charge in [-0.3, -0.25) is 5.43 Å². The molecule has 1 aromatic heterocycles. The van der Waals surface area contributed by atoms with Gasteiger partial charge >= 0.3 is 0 Å². The zero-order valence-corrected chi connectivity index (χ0v) is 9.99. The standard InChI is InChI=1S/C9H7BrN4S/c10-8-3-1-7(2-4-8)5-11-13-9-14-12-6-15-9/h1-6H,(H,13,14)/b11-5-. The minimum atomic E-state index is 0.684. The summed E-state index contributed by atoms with van der Waals surface area (Å²) in [4.78, 5) is 0. The van der Waals surface area contributed by atoms with Crippen LogP contribution in [0.5, 0.6) is 0 Å². The highest BCUT2D eigenvalue weighted by Crippen LogP contribution is 2.10. The number of halogens is 1. The summed E-state index contributed by atoms with van der Waals surface area (Å²) in [5, 5.41) is 12.2. The Morgan fingerprint density at radius 2 is 2.13 bits per heavy atom. The number of hydrazone groups is 1. The van der Waals surface area contributed by atoms with E-state index in [0.29, 0.717) is 5.13 Å². The monoisotopic (exact) mass is 282 g/mol. The third-order valence-corrected chi connectivity index (χ3v) is 2.73. The summed E-state index contributed by atoms with van der Waals surface area (Å²) in [5.41, 5.74) is 5.46. The molecular formula is C9H7BrN4S. The average molecular weight is 283 g/mol. The van der Waals surface area contributed by atoms with E-state index < -0.39 is 0 Å². The number of aromatic nitrogens is 2. The Kier molecular flexibility index (Phi) is 3.41. The first-order valence-electron chi connectivity index (χ1n) is 4.15. The van der Waals surface area contributed by atoms with Gasteiger partial charge < -0.3 is 0 Å². The van der Waals surface area contributed by atoms with Crippen LogP contribution < -0.4 is 5.43 Å². The first-order valence-corrected chi connectivity index (χ1v) is 5.83. The van der Waals surface area contributed by atoms with Crippen LogP contribution in [0.15, 0.2) is 39.4 Å². The molecule has 0 atom stereocenters. The van der Waals surface area contributed by atoms with Crippen LogP contribution in [0.4, 0.5) is 5.13 Å². The van der Waals surface area contributed by atoms with Crippen LogP contribution in [0, 0.1) is 0 Å². The first kappa shape index (κ1) is 10.3. The second-order valence-corrected chi connectivity index (χ2v) is 4.41. The Balaban J connectivity index is 1.97. The Hall–Kier alpha value is -1.27. The van der Waals surface area contributed by atoms with Gasteiger partial charge in [-0.2, -0.15) is 5.10 Å². The average Bonchev–Trinajstić information content (AvgIpc) is 2.74. The normalized spacial score (nSPS) is 10.7. The Labute approximate surface area is 99.2 Å². The zero-order chi connectivity index (χ0) is 10.5. The number of nitrogens with zero attached hydrogens (tertiary/aromatic N) is 3. The highest BCUT2D eigenvalue weighted by Gasteiger charge is 1.91. The lowest BCUT2D eigenvalue weighted by atomic mass is 10.2. The fourth-order valence-electron chi connectivity index (χ4n) is 0.933. The minimum absolute atomic E-state index is 0.684. The zero-order valence-electron chi connectivity index (χ0n) is 7.59. The SMILES string of the molecule is Brc1ccc(/C=N\Nc2nncs2)cc1. The molecule has 2 aromatic rings. The molecule has 0 bridgehead atoms. The van der Waals surface area contributed by atoms with E-state index in [2.05, 4.69) is 36.7 Å². The Morgan fingerprint density at radius 3 is 2.80 bits per heavy atom. The smallest absolute Gasteiger partial charge is 0.225 e. The summed E-state index contributed by atoms with van der Waals surface area (Å²) in [7, 11) is 0. The third-order valence-electron chi connectivity index (χ3n) is 1.60. The molecule has 0 aliphatic carbocycles. The molecular weight excluding hydrogens is 276 g/mol. The van der Waals surface area contributed by atoms with E-state index in [1.807, 2.05) is 24.3 Å². The largest absolute Gasteiger partial charge is 0.251 e. The van der Waals surface area contributed by atoms with Crippen LogP contribution in [-0.4, -0.2) is 16.4 Å². The van der Waals surface area contributed by atoms with Gasteiger partial charge in [0.05, 0.1) is 6.21 Å². The number of anilines is 1. The minimum Gasteiger partial charge on any atom is -0.251 e. The van der Waals surface area contributed by atoms with Gasteiger partial charge in [0.2, 0.25) is 5.13 Å². The molecule has 2 rings (SSSR count). The quantitative estimate of drug-likeness (QED) is 0.696. The maximum absolute atomic E-state index is 4.03. The molecule has 0 saturated carbocycles. The van der Waals surface area contributed by atoms with Gasteiger partial charge in [0.1, 0.15) is 5.51 Å². The first-order chi connectivity index (χ1) is 7.34. The van der Waals surface area contributed by atoms with Crippen molar-refractivity contribution in [3.8, 4) is 0 Å². The Morgan fingerprint density at radius 1 is 1.33 bits per heavy atom. The van der Waals surface area contributed by atoms with E-state index in [1.54, 1.807) is 11.7 Å². The summed E-state index contributed by atoms with van der Waals surface area (Å²) in [5.74, 6) is 0. The second-order valence-electron chi connectivity index (χ2n) is 2.67. The number of hydrogen-bond acceptors (Lipinski definition) is 5. The van der Waals surface area contributed by atoms with Crippen molar-refractivity contribution in [3.05, 3.63) is 39.8 Å². The number of rotatable bonds is 3. The van der Waals surface area contributed by atoms with E-state index in [0.717, 1.165) is 10.0 Å². The highest BCUT2D eigenvalue weighted by molar-refractivity contribution is 9.10. The van der Waals surface area contributed by atoms with Crippen LogP contribution in [0.2, 0.25) is 0 Å². The van der Waals surface area contributed by atoms with Crippen molar-refractivity contribution >= 4 is 38.6 Å². The van der Waals surface area contributed by atoms with E-state index in [4.69, 9.17) is 0 Å². The van der Waals surface area contributed by atoms with Crippen molar-refractivity contribution in [3.63, 3.8) is 0 Å². The number of benzene rings is 1. The molecule has 0 saturated heterocycles. The van der Waals surface area contributed by atoms with E-state index in [-0.39, 0.29) is 0 Å². The van der Waals surface area contributed by atoms with Crippen molar-refractivity contribution in [2.75, 3.05) is 5.43 Å². The van der Waals surface area contributed by atoms with Crippen LogP contribution in [-0.2, 0) is 0 Å². The van der Waals surface area contributed by atoms with Gasteiger partial charge in [-0.15, -0.1) is 10.2 Å². The number of hydrogen-bond donors (Lipinski definition) is 1. The Bertz CT molecular complexity index is 438. The summed E-state index contributed by atoms with van der Waals surface area (Å²) in [6.45, 7) is 0. The van der Waals surface area contributed by atoms with Gasteiger partial charge in [-0.1, -0.05) is 39.4 Å². The van der Waals surface area contributed by atoms with E-state index in [9.17, 15) is 0 Å². The van der Waals surface area contributed by atoms with Crippen molar-refractivity contribution in [1.29, 1.82) is 0 Å². The van der Waals surface area contributed by atoms with Crippen molar-refractivity contribution < 1.29 is 0 Å². The molecule has 76 valence electrons. The van der Waals surface area contributed by atoms with Crippen LogP contribution in [0.3, 0.4) is 0 Å². The van der Waals surface area contributed by atoms with Crippen LogP contribution in [0.25, 0.3) is 0 Å². The molecule has 0 aliphatic rings. The molecule has 6 heteroatoms. The maximum Gasteiger partial charge on any atom is 0.225 e.